The number of phenolic OH excluding ortho intramolecular Hbond substituents is 1. The van der Waals surface area contributed by atoms with Gasteiger partial charge in [-0.2, -0.15) is 0 Å². The normalized spacial score (nSPS) is 31.0. The zero-order valence-electron chi connectivity index (χ0n) is 21.5. The molecule has 1 saturated carbocycles. The average Bonchev–Trinajstić information content (AvgIpc) is 3.30. The number of methoxy groups -OCH3 is 2. The van der Waals surface area contributed by atoms with Crippen LogP contribution in [0.3, 0.4) is 0 Å². The van der Waals surface area contributed by atoms with Gasteiger partial charge in [0, 0.05) is 19.0 Å². The highest BCUT2D eigenvalue weighted by molar-refractivity contribution is 6.07. The van der Waals surface area contributed by atoms with Gasteiger partial charge in [-0.15, -0.1) is 0 Å². The summed E-state index contributed by atoms with van der Waals surface area (Å²) in [4.78, 5) is 55.6. The van der Waals surface area contributed by atoms with Crippen molar-refractivity contribution in [2.45, 2.75) is 26.7 Å². The lowest BCUT2D eigenvalue weighted by Gasteiger charge is -2.42. The Morgan fingerprint density at radius 1 is 0.865 bits per heavy atom. The molecule has 196 valence electrons. The fourth-order valence-corrected chi connectivity index (χ4v) is 6.83. The van der Waals surface area contributed by atoms with E-state index < -0.39 is 29.6 Å². The van der Waals surface area contributed by atoms with Crippen LogP contribution in [0.5, 0.6) is 17.2 Å². The molecule has 1 N–H and O–H groups in total. The number of carbonyl (C=O) groups is 4. The van der Waals surface area contributed by atoms with Gasteiger partial charge in [0.25, 0.3) is 0 Å². The van der Waals surface area contributed by atoms with Crippen molar-refractivity contribution < 1.29 is 33.8 Å². The number of nitrogens with zero attached hydrogens (tertiary/aromatic N) is 2. The Hall–Kier alpha value is -3.62. The van der Waals surface area contributed by atoms with E-state index in [2.05, 4.69) is 0 Å². The van der Waals surface area contributed by atoms with Crippen molar-refractivity contribution in [2.75, 3.05) is 27.3 Å². The number of hydrogen-bond donors (Lipinski definition) is 1. The topological polar surface area (TPSA) is 113 Å². The first-order chi connectivity index (χ1) is 17.8. The molecule has 2 heterocycles. The van der Waals surface area contributed by atoms with Crippen LogP contribution in [0.1, 0.15) is 32.3 Å². The number of rotatable bonds is 6. The summed E-state index contributed by atoms with van der Waals surface area (Å²) in [5.74, 6) is -3.02. The standard InChI is InChI=1S/C28H32N2O7/c1-5-29-25(32)17-10-9-15-16(8-7-14-11-20(36-3)24(31)21(12-14)37-4)22-19(13-18(15)23(17)28(29)35)26(33)30(6-2)27(22)34/h7-9,11-12,16-19,22-23,31H,5-6,10,13H2,1-4H3/t16-,17-,18+,19+,22-,23-/m0/s1. The van der Waals surface area contributed by atoms with Gasteiger partial charge in [-0.25, -0.2) is 0 Å². The molecule has 37 heavy (non-hydrogen) atoms. The number of fused-ring (bicyclic) bond motifs is 4. The van der Waals surface area contributed by atoms with Crippen molar-refractivity contribution in [1.29, 1.82) is 0 Å². The summed E-state index contributed by atoms with van der Waals surface area (Å²) in [6, 6.07) is 3.32. The molecular formula is C28H32N2O7. The predicted octanol–water partition coefficient (Wildman–Crippen LogP) is 2.63. The molecule has 2 aliphatic carbocycles. The third-order valence-corrected chi connectivity index (χ3v) is 8.52. The number of phenols is 1. The van der Waals surface area contributed by atoms with Crippen molar-refractivity contribution in [3.05, 3.63) is 35.4 Å². The second kappa shape index (κ2) is 9.36. The highest BCUT2D eigenvalue weighted by Crippen LogP contribution is 2.55. The van der Waals surface area contributed by atoms with Gasteiger partial charge in [0.05, 0.1) is 37.9 Å². The Labute approximate surface area is 215 Å². The van der Waals surface area contributed by atoms with E-state index in [4.69, 9.17) is 9.47 Å². The zero-order chi connectivity index (χ0) is 26.6. The van der Waals surface area contributed by atoms with Gasteiger partial charge >= 0.3 is 0 Å². The monoisotopic (exact) mass is 508 g/mol. The van der Waals surface area contributed by atoms with E-state index in [1.807, 2.05) is 18.2 Å². The van der Waals surface area contributed by atoms with E-state index in [0.717, 1.165) is 5.57 Å². The molecule has 0 aromatic heterocycles. The maximum Gasteiger partial charge on any atom is 0.234 e. The van der Waals surface area contributed by atoms with Crippen LogP contribution >= 0.6 is 0 Å². The molecule has 5 rings (SSSR count). The van der Waals surface area contributed by atoms with Crippen molar-refractivity contribution in [3.63, 3.8) is 0 Å². The van der Waals surface area contributed by atoms with E-state index in [1.165, 1.54) is 24.0 Å². The summed E-state index contributed by atoms with van der Waals surface area (Å²) in [7, 11) is 2.90. The number of amides is 4. The number of likely N-dealkylation sites (tertiary alicyclic amines) is 2. The fraction of sp³-hybridized carbons (Fsp3) is 0.500. The molecule has 1 aromatic carbocycles. The first-order valence-electron chi connectivity index (χ1n) is 12.8. The van der Waals surface area contributed by atoms with Crippen LogP contribution in [0.4, 0.5) is 0 Å². The van der Waals surface area contributed by atoms with Crippen molar-refractivity contribution in [3.8, 4) is 17.2 Å². The molecule has 6 atom stereocenters. The lowest BCUT2D eigenvalue weighted by molar-refractivity contribution is -0.141. The van der Waals surface area contributed by atoms with Crippen LogP contribution < -0.4 is 9.47 Å². The second-order valence-corrected chi connectivity index (χ2v) is 10.0. The summed E-state index contributed by atoms with van der Waals surface area (Å²) in [6.45, 7) is 4.20. The quantitative estimate of drug-likeness (QED) is 0.464. The maximum absolute atomic E-state index is 13.4. The van der Waals surface area contributed by atoms with Crippen LogP contribution in [-0.4, -0.2) is 65.8 Å². The number of allylic oxidation sites excluding steroid dienone is 3. The van der Waals surface area contributed by atoms with E-state index >= 15 is 0 Å². The lowest BCUT2D eigenvalue weighted by atomic mass is 9.58. The second-order valence-electron chi connectivity index (χ2n) is 10.0. The van der Waals surface area contributed by atoms with Gasteiger partial charge in [-0.05, 0) is 50.3 Å². The Morgan fingerprint density at radius 2 is 1.43 bits per heavy atom. The minimum atomic E-state index is -0.557. The minimum absolute atomic E-state index is 0.110. The van der Waals surface area contributed by atoms with Gasteiger partial charge in [0.1, 0.15) is 0 Å². The van der Waals surface area contributed by atoms with Crippen LogP contribution in [-0.2, 0) is 19.2 Å². The summed E-state index contributed by atoms with van der Waals surface area (Å²) >= 11 is 0. The molecule has 2 aliphatic heterocycles. The Kier molecular flexibility index (Phi) is 6.33. The molecule has 1 aromatic rings. The lowest BCUT2D eigenvalue weighted by Crippen LogP contribution is -2.43. The molecule has 0 radical (unpaired) electrons. The Bertz CT molecular complexity index is 1210. The van der Waals surface area contributed by atoms with Gasteiger partial charge in [-0.1, -0.05) is 23.8 Å². The van der Waals surface area contributed by atoms with E-state index in [9.17, 15) is 24.3 Å². The Balaban J connectivity index is 1.58. The van der Waals surface area contributed by atoms with Gasteiger partial charge < -0.3 is 14.6 Å². The highest BCUT2D eigenvalue weighted by Gasteiger charge is 2.60. The molecule has 4 amide bonds. The molecule has 4 aliphatic rings. The first kappa shape index (κ1) is 25.0. The first-order valence-corrected chi connectivity index (χ1v) is 12.8. The van der Waals surface area contributed by atoms with Crippen LogP contribution in [0.2, 0.25) is 0 Å². The third kappa shape index (κ3) is 3.66. The van der Waals surface area contributed by atoms with E-state index in [-0.39, 0.29) is 46.8 Å². The van der Waals surface area contributed by atoms with Crippen molar-refractivity contribution in [2.24, 2.45) is 35.5 Å². The predicted molar refractivity (Wildman–Crippen MR) is 133 cm³/mol. The number of imide groups is 2. The van der Waals surface area contributed by atoms with E-state index in [1.54, 1.807) is 26.0 Å². The maximum atomic E-state index is 13.4. The SMILES string of the molecule is CCN1C(=O)[C@H]2[C@H](CC=C3[C@H]2C[C@H]2C(=O)N(CC)C(=O)[C@H]2[C@H]3C=Cc2cc(OC)c(O)c(OC)c2)C1=O. The van der Waals surface area contributed by atoms with Gasteiger partial charge in [0.2, 0.25) is 29.4 Å². The van der Waals surface area contributed by atoms with Gasteiger partial charge in [0.15, 0.2) is 11.5 Å². The van der Waals surface area contributed by atoms with Crippen LogP contribution in [0, 0.1) is 35.5 Å². The molecule has 2 saturated heterocycles. The molecule has 3 fully saturated rings. The largest absolute Gasteiger partial charge is 0.502 e. The molecule has 9 nitrogen and oxygen atoms in total. The van der Waals surface area contributed by atoms with Crippen LogP contribution in [0.25, 0.3) is 6.08 Å². The average molecular weight is 509 g/mol. The summed E-state index contributed by atoms with van der Waals surface area (Å²) in [5, 5.41) is 10.3. The number of carbonyl (C=O) groups excluding carboxylic acids is 4. The van der Waals surface area contributed by atoms with Gasteiger partial charge in [-0.3, -0.25) is 29.0 Å². The molecular weight excluding hydrogens is 476 g/mol. The summed E-state index contributed by atoms with van der Waals surface area (Å²) in [6.07, 6.45) is 6.59. The molecule has 0 bridgehead atoms. The Morgan fingerprint density at radius 3 is 2.00 bits per heavy atom. The fourth-order valence-electron chi connectivity index (χ4n) is 6.83. The number of ether oxygens (including phenoxy) is 2. The zero-order valence-corrected chi connectivity index (χ0v) is 21.5. The summed E-state index contributed by atoms with van der Waals surface area (Å²) < 4.78 is 10.5. The summed E-state index contributed by atoms with van der Waals surface area (Å²) in [5.41, 5.74) is 1.64. The molecule has 9 heteroatoms. The minimum Gasteiger partial charge on any atom is -0.502 e. The van der Waals surface area contributed by atoms with Crippen molar-refractivity contribution in [1.82, 2.24) is 9.80 Å². The highest BCUT2D eigenvalue weighted by atomic mass is 16.5. The number of hydrogen-bond acceptors (Lipinski definition) is 7. The third-order valence-electron chi connectivity index (χ3n) is 8.52. The molecule has 0 unspecified atom stereocenters. The smallest absolute Gasteiger partial charge is 0.234 e. The molecule has 0 spiro atoms. The number of aromatic hydroxyl groups is 1. The van der Waals surface area contributed by atoms with Crippen molar-refractivity contribution >= 4 is 29.7 Å². The van der Waals surface area contributed by atoms with E-state index in [0.29, 0.717) is 31.5 Å². The van der Waals surface area contributed by atoms with Crippen LogP contribution in [0.15, 0.2) is 29.9 Å². The number of benzene rings is 1.